The van der Waals surface area contributed by atoms with Crippen molar-refractivity contribution in [2.45, 2.75) is 88.5 Å². The predicted octanol–water partition coefficient (Wildman–Crippen LogP) is 10.2. The molecule has 25 heteroatoms. The first-order chi connectivity index (χ1) is 32.1. The Bertz CT molecular complexity index is 2920. The van der Waals surface area contributed by atoms with Gasteiger partial charge in [0, 0.05) is 17.4 Å². The average Bonchev–Trinajstić information content (AvgIpc) is 4.04. The zero-order valence-corrected chi connectivity index (χ0v) is 47.3. The number of ether oxygens (including phenoxy) is 3. The number of aliphatic hydroxyl groups excluding tert-OH is 3. The van der Waals surface area contributed by atoms with Gasteiger partial charge in [0.05, 0.1) is 26.4 Å². The third-order valence-corrected chi connectivity index (χ3v) is 13.1. The van der Waals surface area contributed by atoms with E-state index in [0.717, 1.165) is 5.56 Å². The van der Waals surface area contributed by atoms with Crippen molar-refractivity contribution < 1.29 is 49.5 Å². The van der Waals surface area contributed by atoms with E-state index < -0.39 is 66.3 Å². The third-order valence-electron chi connectivity index (χ3n) is 11.6. The van der Waals surface area contributed by atoms with E-state index in [1.54, 1.807) is 94.3 Å². The Balaban J connectivity index is 0.000000242. The summed E-state index contributed by atoms with van der Waals surface area (Å²) in [4.78, 5) is 29.1. The number of esters is 1. The van der Waals surface area contributed by atoms with Gasteiger partial charge in [0.25, 0.3) is 0 Å². The Morgan fingerprint density at radius 3 is 1.86 bits per heavy atom. The van der Waals surface area contributed by atoms with Gasteiger partial charge in [-0.25, -0.2) is 24.7 Å². The number of anilines is 1. The molecule has 10 N–H and O–H groups in total. The van der Waals surface area contributed by atoms with Crippen molar-refractivity contribution in [1.82, 2.24) is 35.2 Å². The number of aryl methyl sites for hydroxylation is 1. The summed E-state index contributed by atoms with van der Waals surface area (Å²) < 4.78 is 21.1. The predicted molar refractivity (Wildman–Crippen MR) is 292 cm³/mol. The third kappa shape index (κ3) is 12.3. The number of nitrogens with zero attached hydrogens (tertiary/aromatic N) is 6. The molecule has 6 heterocycles. The summed E-state index contributed by atoms with van der Waals surface area (Å²) >= 11 is 32.1. The molecule has 0 saturated carbocycles. The van der Waals surface area contributed by atoms with Gasteiger partial charge < -0.3 is 60.8 Å². The van der Waals surface area contributed by atoms with E-state index in [-0.39, 0.29) is 28.7 Å². The van der Waals surface area contributed by atoms with E-state index in [4.69, 9.17) is 66.3 Å². The molecule has 9 rings (SSSR count). The fraction of sp³-hybridized carbons (Fsp3) is 0.311. The van der Waals surface area contributed by atoms with Gasteiger partial charge in [0.15, 0.2) is 18.6 Å². The SMILES string of the molecule is C.C[C@@]1(O)[C@@H]([C@H](OC(=O)c2ccccc2)c2ccc(Cl)c(Cl)c2)O[C@@H](n2ccc3c(Cl)ncnc32)[C@@H]1O.Cc1ccc([C@@H](O)[C@H]2O[C@@H](n3ccc4c(N)ncnc43)[C@H](O)[C@]2(C)O)cc1Cl.N.[I][V]([I])[I]. The summed E-state index contributed by atoms with van der Waals surface area (Å²) in [5.41, 5.74) is 5.23. The number of nitrogen functional groups attached to an aromatic ring is 1. The number of aromatic nitrogens is 6. The molecule has 3 aromatic carbocycles. The molecule has 376 valence electrons. The average molecular weight is 1420 g/mol. The first-order valence-corrected chi connectivity index (χ1v) is 35.2. The number of carbonyl (C=O) groups excluding carboxylic acids is 1. The van der Waals surface area contributed by atoms with Crippen molar-refractivity contribution in [3.8, 4) is 0 Å². The topological polar surface area (TPSA) is 268 Å². The molecule has 10 atom stereocenters. The zero-order valence-electron chi connectivity index (χ0n) is 36.4. The maximum atomic E-state index is 13.0. The van der Waals surface area contributed by atoms with Crippen molar-refractivity contribution in [2.24, 2.45) is 0 Å². The first kappa shape index (κ1) is 58.7. The van der Waals surface area contributed by atoms with Crippen LogP contribution in [-0.2, 0) is 19.1 Å². The maximum absolute atomic E-state index is 13.0. The van der Waals surface area contributed by atoms with Crippen LogP contribution in [0.5, 0.6) is 0 Å². The van der Waals surface area contributed by atoms with Gasteiger partial charge in [-0.1, -0.05) is 90.2 Å². The van der Waals surface area contributed by atoms with Crippen LogP contribution in [0.4, 0.5) is 5.82 Å². The Morgan fingerprint density at radius 2 is 1.27 bits per heavy atom. The van der Waals surface area contributed by atoms with Crippen LogP contribution in [-0.4, -0.2) is 96.2 Å². The number of halogens is 7. The van der Waals surface area contributed by atoms with Crippen molar-refractivity contribution >= 4 is 140 Å². The Morgan fingerprint density at radius 1 is 0.757 bits per heavy atom. The number of carbonyl (C=O) groups is 1. The molecule has 17 nitrogen and oxygen atoms in total. The summed E-state index contributed by atoms with van der Waals surface area (Å²) in [5.74, 6) is -0.344. The molecular formula is C45H48Cl4I3N8O9V. The second kappa shape index (κ2) is 24.4. The minimum absolute atomic E-state index is 0. The second-order valence-corrected chi connectivity index (χ2v) is 53.0. The molecule has 7 aromatic rings. The second-order valence-electron chi connectivity index (χ2n) is 16.1. The number of rotatable bonds is 8. The number of aliphatic hydroxyl groups is 5. The van der Waals surface area contributed by atoms with Gasteiger partial charge in [0.2, 0.25) is 0 Å². The van der Waals surface area contributed by atoms with Gasteiger partial charge >= 0.3 is 70.8 Å². The Hall–Kier alpha value is -2.22. The molecule has 0 unspecified atom stereocenters. The van der Waals surface area contributed by atoms with E-state index in [0.29, 0.717) is 54.6 Å². The quantitative estimate of drug-likeness (QED) is 0.0424. The van der Waals surface area contributed by atoms with Crippen LogP contribution in [0.2, 0.25) is 20.2 Å². The molecule has 2 aliphatic heterocycles. The van der Waals surface area contributed by atoms with Crippen molar-refractivity contribution in [3.05, 3.63) is 146 Å². The minimum atomic E-state index is -1.86. The van der Waals surface area contributed by atoms with Gasteiger partial charge in [-0.2, -0.15) is 0 Å². The molecular weight excluding hydrogens is 1370 g/mol. The Kier molecular flexibility index (Phi) is 20.5. The van der Waals surface area contributed by atoms with Crippen LogP contribution >= 0.6 is 106 Å². The number of hydrogen-bond donors (Lipinski definition) is 7. The molecule has 0 spiro atoms. The van der Waals surface area contributed by atoms with Gasteiger partial charge in [-0.15, -0.1) is 0 Å². The summed E-state index contributed by atoms with van der Waals surface area (Å²) in [6.45, 7) is 4.69. The fourth-order valence-corrected chi connectivity index (χ4v) is 8.59. The van der Waals surface area contributed by atoms with E-state index >= 15 is 0 Å². The summed E-state index contributed by atoms with van der Waals surface area (Å²) in [6.07, 6.45) is -3.55. The van der Waals surface area contributed by atoms with Gasteiger partial charge in [-0.3, -0.25) is 0 Å². The molecule has 4 aromatic heterocycles. The molecule has 2 fully saturated rings. The number of nitrogens with two attached hydrogens (primary N) is 1. The van der Waals surface area contributed by atoms with Gasteiger partial charge in [-0.05, 0) is 79.9 Å². The summed E-state index contributed by atoms with van der Waals surface area (Å²) in [5, 5.41) is 57.6. The number of fused-ring (bicyclic) bond motifs is 2. The van der Waals surface area contributed by atoms with E-state index in [1.165, 1.54) is 32.6 Å². The standard InChI is InChI=1S/C25H20Cl3N3O5.C19H21ClN4O4.CH4.3HI.H3N.V/c1-25(34)19(32)23(31-10-9-15-21(28)29-12-30-22(15)31)36-20(25)18(14-7-8-16(26)17(27)11-14)35-24(33)13-5-3-2-4-6-13;1-9-3-4-10(7-12(9)20)13(25)15-19(2,27)14(26)18(28-15)24-6-5-11-16(21)22-8-23-17(11)24;;;;;;/h2-12,18-20,23,32,34H,1H3;3-8,13-15,18,25-27H,1-2H3,(H2,21,22,23);1H4;3*1H;1H3;/q;;;;;;;+3/p-3/t18-,19+,20-,23-,25+;13-,14+,15-,18-,19+;;;;;;/m11....../s1. The molecule has 2 saturated heterocycles. The molecule has 0 bridgehead atoms. The van der Waals surface area contributed by atoms with E-state index in [1.807, 2.05) is 6.92 Å². The van der Waals surface area contributed by atoms with Crippen LogP contribution in [0.3, 0.4) is 0 Å². The molecule has 0 amide bonds. The number of benzene rings is 3. The van der Waals surface area contributed by atoms with E-state index in [2.05, 4.69) is 79.9 Å². The van der Waals surface area contributed by atoms with Crippen LogP contribution < -0.4 is 11.9 Å². The zero-order chi connectivity index (χ0) is 49.4. The van der Waals surface area contributed by atoms with Gasteiger partial charge in [0.1, 0.15) is 76.6 Å². The summed E-state index contributed by atoms with van der Waals surface area (Å²) in [6, 6.07) is 21.6. The monoisotopic (exact) mass is 1420 g/mol. The van der Waals surface area contributed by atoms with Crippen molar-refractivity contribution in [3.63, 3.8) is 0 Å². The molecule has 0 aliphatic carbocycles. The molecule has 2 aliphatic rings. The molecule has 70 heavy (non-hydrogen) atoms. The first-order valence-electron chi connectivity index (χ1n) is 20.2. The van der Waals surface area contributed by atoms with Crippen molar-refractivity contribution in [1.29, 1.82) is 0 Å². The van der Waals surface area contributed by atoms with Crippen LogP contribution in [0.1, 0.15) is 73.0 Å². The fourth-order valence-electron chi connectivity index (χ4n) is 7.91. The van der Waals surface area contributed by atoms with Crippen LogP contribution in [0, 0.1) is 6.92 Å². The van der Waals surface area contributed by atoms with Crippen molar-refractivity contribution in [2.75, 3.05) is 5.73 Å². The Labute approximate surface area is 460 Å². The normalized spacial score (nSPS) is 24.7. The molecule has 0 radical (unpaired) electrons. The van der Waals surface area contributed by atoms with E-state index in [9.17, 15) is 30.3 Å². The van der Waals surface area contributed by atoms with Crippen LogP contribution in [0.25, 0.3) is 22.1 Å². The number of hydrogen-bond acceptors (Lipinski definition) is 15. The van der Waals surface area contributed by atoms with Crippen LogP contribution in [0.15, 0.2) is 104 Å². The summed E-state index contributed by atoms with van der Waals surface area (Å²) in [7, 11) is 0.